The molecule has 21 heavy (non-hydrogen) atoms. The van der Waals surface area contributed by atoms with Crippen LogP contribution < -0.4 is 0 Å². The highest BCUT2D eigenvalue weighted by Crippen LogP contribution is 2.41. The topological polar surface area (TPSA) is 48.0 Å². The van der Waals surface area contributed by atoms with Crippen molar-refractivity contribution in [3.05, 3.63) is 0 Å². The van der Waals surface area contributed by atoms with E-state index in [-0.39, 0.29) is 17.9 Å². The number of likely N-dealkylation sites (tertiary alicyclic amines) is 1. The molecule has 0 aromatic rings. The number of hydrogen-bond acceptors (Lipinski definition) is 4. The maximum absolute atomic E-state index is 12.4. The van der Waals surface area contributed by atoms with Crippen LogP contribution in [0.3, 0.4) is 0 Å². The number of hydrogen-bond donors (Lipinski definition) is 0. The molecular weight excluding hydrogens is 270 g/mol. The lowest BCUT2D eigenvalue weighted by Crippen LogP contribution is -2.38. The fourth-order valence-electron chi connectivity index (χ4n) is 3.87. The Morgan fingerprint density at radius 3 is 2.95 bits per heavy atom. The molecule has 2 aliphatic heterocycles. The molecule has 0 spiro atoms. The van der Waals surface area contributed by atoms with Crippen LogP contribution in [-0.4, -0.2) is 63.0 Å². The number of rotatable bonds is 6. The van der Waals surface area contributed by atoms with Gasteiger partial charge in [-0.25, -0.2) is 0 Å². The van der Waals surface area contributed by atoms with E-state index in [2.05, 4.69) is 0 Å². The van der Waals surface area contributed by atoms with Crippen LogP contribution in [0.2, 0.25) is 0 Å². The summed E-state index contributed by atoms with van der Waals surface area (Å²) < 4.78 is 17.0. The van der Waals surface area contributed by atoms with E-state index in [1.54, 1.807) is 0 Å². The highest BCUT2D eigenvalue weighted by molar-refractivity contribution is 5.78. The summed E-state index contributed by atoms with van der Waals surface area (Å²) in [5.41, 5.74) is 0.0129. The van der Waals surface area contributed by atoms with E-state index in [1.165, 1.54) is 12.8 Å². The van der Waals surface area contributed by atoms with Gasteiger partial charge in [-0.3, -0.25) is 4.79 Å². The average Bonchev–Trinajstić information content (AvgIpc) is 3.17. The molecule has 2 saturated heterocycles. The first-order valence-electron chi connectivity index (χ1n) is 8.28. The molecule has 0 aromatic heterocycles. The minimum atomic E-state index is 0.0129. The molecule has 0 N–H and O–H groups in total. The zero-order valence-corrected chi connectivity index (χ0v) is 13.0. The van der Waals surface area contributed by atoms with Crippen LogP contribution in [0.25, 0.3) is 0 Å². The summed E-state index contributed by atoms with van der Waals surface area (Å²) in [6, 6.07) is 0. The van der Waals surface area contributed by atoms with Gasteiger partial charge in [-0.1, -0.05) is 12.8 Å². The van der Waals surface area contributed by atoms with Gasteiger partial charge in [0, 0.05) is 31.0 Å². The van der Waals surface area contributed by atoms with Gasteiger partial charge in [0.15, 0.2) is 0 Å². The van der Waals surface area contributed by atoms with Gasteiger partial charge >= 0.3 is 0 Å². The quantitative estimate of drug-likeness (QED) is 0.744. The van der Waals surface area contributed by atoms with Crippen LogP contribution in [0.1, 0.15) is 32.6 Å². The third kappa shape index (κ3) is 3.25. The molecule has 1 amide bonds. The molecule has 5 heteroatoms. The lowest BCUT2D eigenvalue weighted by Gasteiger charge is -2.26. The van der Waals surface area contributed by atoms with Gasteiger partial charge in [0.1, 0.15) is 6.61 Å². The highest BCUT2D eigenvalue weighted by atomic mass is 16.5. The first kappa shape index (κ1) is 15.3. The molecule has 5 nitrogen and oxygen atoms in total. The van der Waals surface area contributed by atoms with Crippen LogP contribution >= 0.6 is 0 Å². The largest absolute Gasteiger partial charge is 0.381 e. The van der Waals surface area contributed by atoms with Crippen LogP contribution in [0.15, 0.2) is 0 Å². The molecule has 2 atom stereocenters. The van der Waals surface area contributed by atoms with Crippen molar-refractivity contribution in [2.45, 2.75) is 38.7 Å². The van der Waals surface area contributed by atoms with E-state index in [4.69, 9.17) is 14.2 Å². The normalized spacial score (nSPS) is 32.8. The molecule has 3 rings (SSSR count). The number of carbonyl (C=O) groups is 1. The van der Waals surface area contributed by atoms with Crippen molar-refractivity contribution >= 4 is 5.91 Å². The van der Waals surface area contributed by atoms with Crippen LogP contribution in [-0.2, 0) is 19.0 Å². The third-order valence-electron chi connectivity index (χ3n) is 5.21. The Bertz CT molecular complexity index is 369. The maximum atomic E-state index is 12.4. The molecule has 0 bridgehead atoms. The van der Waals surface area contributed by atoms with E-state index < -0.39 is 0 Å². The van der Waals surface area contributed by atoms with Gasteiger partial charge in [0.05, 0.1) is 25.9 Å². The fourth-order valence-corrected chi connectivity index (χ4v) is 3.87. The van der Waals surface area contributed by atoms with Crippen LogP contribution in [0, 0.1) is 11.3 Å². The monoisotopic (exact) mass is 297 g/mol. The molecule has 3 fully saturated rings. The van der Waals surface area contributed by atoms with Gasteiger partial charge in [0.25, 0.3) is 0 Å². The lowest BCUT2D eigenvalue weighted by atomic mass is 9.82. The predicted octanol–water partition coefficient (Wildman–Crippen LogP) is 1.46. The summed E-state index contributed by atoms with van der Waals surface area (Å²) >= 11 is 0. The molecule has 0 unspecified atom stereocenters. The van der Waals surface area contributed by atoms with Crippen molar-refractivity contribution < 1.29 is 19.0 Å². The number of nitrogens with zero attached hydrogens (tertiary/aromatic N) is 1. The Balaban J connectivity index is 1.51. The lowest BCUT2D eigenvalue weighted by molar-refractivity contribution is -0.138. The van der Waals surface area contributed by atoms with Crippen LogP contribution in [0.4, 0.5) is 0 Å². The predicted molar refractivity (Wildman–Crippen MR) is 78.0 cm³/mol. The minimum Gasteiger partial charge on any atom is -0.381 e. The van der Waals surface area contributed by atoms with E-state index in [1.807, 2.05) is 11.8 Å². The summed E-state index contributed by atoms with van der Waals surface area (Å²) in [4.78, 5) is 14.3. The first-order chi connectivity index (χ1) is 10.2. The van der Waals surface area contributed by atoms with E-state index >= 15 is 0 Å². The van der Waals surface area contributed by atoms with Crippen molar-refractivity contribution in [3.8, 4) is 0 Å². The summed E-state index contributed by atoms with van der Waals surface area (Å²) in [6.07, 6.45) is 4.99. The SMILES string of the molecule is CCOC[C@]12COC[C@H]1CN(C(=O)COC1CCCC1)C2. The molecule has 1 saturated carbocycles. The smallest absolute Gasteiger partial charge is 0.248 e. The van der Waals surface area contributed by atoms with Crippen molar-refractivity contribution in [3.63, 3.8) is 0 Å². The average molecular weight is 297 g/mol. The highest BCUT2D eigenvalue weighted by Gasteiger charge is 2.51. The van der Waals surface area contributed by atoms with Gasteiger partial charge in [-0.15, -0.1) is 0 Å². The number of ether oxygens (including phenoxy) is 3. The molecule has 3 aliphatic rings. The molecule has 120 valence electrons. The number of carbonyl (C=O) groups excluding carboxylic acids is 1. The summed E-state index contributed by atoms with van der Waals surface area (Å²) in [7, 11) is 0. The summed E-state index contributed by atoms with van der Waals surface area (Å²) in [5.74, 6) is 0.548. The second kappa shape index (κ2) is 6.63. The first-order valence-corrected chi connectivity index (χ1v) is 8.28. The Labute approximate surface area is 126 Å². The standard InChI is InChI=1S/C16H27NO4/c1-2-19-11-16-10-17(7-13(16)8-20-12-16)15(18)9-21-14-5-3-4-6-14/h13-14H,2-12H2,1H3/t13-,16-/m1/s1. The van der Waals surface area contributed by atoms with Crippen molar-refractivity contribution in [1.82, 2.24) is 4.90 Å². The zero-order valence-electron chi connectivity index (χ0n) is 13.0. The second-order valence-electron chi connectivity index (χ2n) is 6.70. The molecule has 0 aromatic carbocycles. The Morgan fingerprint density at radius 2 is 2.19 bits per heavy atom. The minimum absolute atomic E-state index is 0.0129. The van der Waals surface area contributed by atoms with E-state index in [0.29, 0.717) is 31.8 Å². The number of fused-ring (bicyclic) bond motifs is 1. The zero-order chi connectivity index (χ0) is 14.7. The Morgan fingerprint density at radius 1 is 1.38 bits per heavy atom. The third-order valence-corrected chi connectivity index (χ3v) is 5.21. The molecule has 1 aliphatic carbocycles. The Hall–Kier alpha value is -0.650. The van der Waals surface area contributed by atoms with Crippen molar-refractivity contribution in [1.29, 1.82) is 0 Å². The maximum Gasteiger partial charge on any atom is 0.248 e. The fraction of sp³-hybridized carbons (Fsp3) is 0.938. The summed E-state index contributed by atoms with van der Waals surface area (Å²) in [5, 5.41) is 0. The molecular formula is C16H27NO4. The molecule has 0 radical (unpaired) electrons. The van der Waals surface area contributed by atoms with E-state index in [9.17, 15) is 4.79 Å². The van der Waals surface area contributed by atoms with Gasteiger partial charge in [0.2, 0.25) is 5.91 Å². The number of amides is 1. The summed E-state index contributed by atoms with van der Waals surface area (Å²) in [6.45, 7) is 6.67. The van der Waals surface area contributed by atoms with Crippen molar-refractivity contribution in [2.24, 2.45) is 11.3 Å². The Kier molecular flexibility index (Phi) is 4.82. The van der Waals surface area contributed by atoms with Crippen molar-refractivity contribution in [2.75, 3.05) is 46.1 Å². The second-order valence-corrected chi connectivity index (χ2v) is 6.70. The van der Waals surface area contributed by atoms with Crippen LogP contribution in [0.5, 0.6) is 0 Å². The molecule has 2 heterocycles. The van der Waals surface area contributed by atoms with E-state index in [0.717, 1.165) is 32.5 Å². The van der Waals surface area contributed by atoms with Gasteiger partial charge < -0.3 is 19.1 Å². The van der Waals surface area contributed by atoms with Gasteiger partial charge in [-0.2, -0.15) is 0 Å². The van der Waals surface area contributed by atoms with Gasteiger partial charge in [-0.05, 0) is 19.8 Å².